The van der Waals surface area contributed by atoms with Crippen molar-refractivity contribution in [2.24, 2.45) is 0 Å². The molecule has 0 bridgehead atoms. The summed E-state index contributed by atoms with van der Waals surface area (Å²) in [6.45, 7) is 3.41. The van der Waals surface area contributed by atoms with Gasteiger partial charge in [0, 0.05) is 25.9 Å². The second kappa shape index (κ2) is 10.2. The number of hydrogen-bond acceptors (Lipinski definition) is 4. The smallest absolute Gasteiger partial charge is 0.321 e. The summed E-state index contributed by atoms with van der Waals surface area (Å²) >= 11 is 0. The van der Waals surface area contributed by atoms with E-state index in [1.54, 1.807) is 7.11 Å². The molecule has 6 heteroatoms. The maximum atomic E-state index is 12.3. The Bertz CT molecular complexity index is 702. The first-order chi connectivity index (χ1) is 12.6. The fourth-order valence-corrected chi connectivity index (χ4v) is 2.45. The molecule has 0 atom stereocenters. The molecular formula is C20H25N3O3. The van der Waals surface area contributed by atoms with E-state index in [9.17, 15) is 9.59 Å². The van der Waals surface area contributed by atoms with Crippen molar-refractivity contribution in [2.75, 3.05) is 31.7 Å². The first-order valence-electron chi connectivity index (χ1n) is 8.50. The minimum Gasteiger partial charge on any atom is -0.383 e. The lowest BCUT2D eigenvalue weighted by molar-refractivity contribution is -0.118. The molecule has 2 aromatic carbocycles. The van der Waals surface area contributed by atoms with Gasteiger partial charge in [-0.2, -0.15) is 0 Å². The Morgan fingerprint density at radius 3 is 2.38 bits per heavy atom. The molecule has 0 aliphatic carbocycles. The highest BCUT2D eigenvalue weighted by molar-refractivity contribution is 5.96. The second-order valence-corrected chi connectivity index (χ2v) is 5.97. The zero-order valence-corrected chi connectivity index (χ0v) is 15.2. The van der Waals surface area contributed by atoms with Crippen molar-refractivity contribution >= 4 is 17.6 Å². The third kappa shape index (κ3) is 6.57. The standard InChI is InChI=1S/C20H25N3O3/c1-16-8-10-18(11-9-16)23(14-17-6-4-3-5-7-17)15-19(24)22-20(25)21-12-13-26-2/h3-11H,12-15H2,1-2H3,(H2,21,22,24,25). The highest BCUT2D eigenvalue weighted by Crippen LogP contribution is 2.17. The van der Waals surface area contributed by atoms with Gasteiger partial charge in [0.15, 0.2) is 0 Å². The Morgan fingerprint density at radius 2 is 1.73 bits per heavy atom. The van der Waals surface area contributed by atoms with E-state index < -0.39 is 6.03 Å². The van der Waals surface area contributed by atoms with Gasteiger partial charge in [-0.1, -0.05) is 48.0 Å². The van der Waals surface area contributed by atoms with Crippen LogP contribution >= 0.6 is 0 Å². The molecule has 6 nitrogen and oxygen atoms in total. The van der Waals surface area contributed by atoms with Gasteiger partial charge < -0.3 is 15.0 Å². The number of ether oxygens (including phenoxy) is 1. The van der Waals surface area contributed by atoms with E-state index in [0.717, 1.165) is 16.8 Å². The van der Waals surface area contributed by atoms with E-state index in [1.807, 2.05) is 66.4 Å². The minimum absolute atomic E-state index is 0.0790. The Labute approximate surface area is 154 Å². The molecule has 26 heavy (non-hydrogen) atoms. The molecule has 0 spiro atoms. The van der Waals surface area contributed by atoms with E-state index in [1.165, 1.54) is 0 Å². The van der Waals surface area contributed by atoms with E-state index in [-0.39, 0.29) is 12.5 Å². The van der Waals surface area contributed by atoms with Crippen LogP contribution in [0.3, 0.4) is 0 Å². The summed E-state index contributed by atoms with van der Waals surface area (Å²) in [5.41, 5.74) is 3.16. The fourth-order valence-electron chi connectivity index (χ4n) is 2.45. The number of benzene rings is 2. The number of nitrogens with zero attached hydrogens (tertiary/aromatic N) is 1. The molecule has 0 saturated heterocycles. The summed E-state index contributed by atoms with van der Waals surface area (Å²) in [5, 5.41) is 4.92. The van der Waals surface area contributed by atoms with E-state index in [0.29, 0.717) is 19.7 Å². The summed E-state index contributed by atoms with van der Waals surface area (Å²) < 4.78 is 4.86. The summed E-state index contributed by atoms with van der Waals surface area (Å²) in [5.74, 6) is -0.364. The quantitative estimate of drug-likeness (QED) is 0.714. The average molecular weight is 355 g/mol. The van der Waals surface area contributed by atoms with Gasteiger partial charge in [0.05, 0.1) is 13.2 Å². The van der Waals surface area contributed by atoms with Crippen LogP contribution in [0, 0.1) is 6.92 Å². The molecule has 0 aromatic heterocycles. The highest BCUT2D eigenvalue weighted by Gasteiger charge is 2.14. The van der Waals surface area contributed by atoms with Crippen LogP contribution in [-0.4, -0.2) is 38.7 Å². The van der Waals surface area contributed by atoms with Crippen molar-refractivity contribution < 1.29 is 14.3 Å². The summed E-state index contributed by atoms with van der Waals surface area (Å²) in [6.07, 6.45) is 0. The number of rotatable bonds is 8. The number of carbonyl (C=O) groups is 2. The number of carbonyl (C=O) groups excluding carboxylic acids is 2. The summed E-state index contributed by atoms with van der Waals surface area (Å²) in [7, 11) is 1.55. The monoisotopic (exact) mass is 355 g/mol. The van der Waals surface area contributed by atoms with Crippen LogP contribution in [0.2, 0.25) is 0 Å². The number of anilines is 1. The maximum Gasteiger partial charge on any atom is 0.321 e. The zero-order chi connectivity index (χ0) is 18.8. The predicted molar refractivity (Wildman–Crippen MR) is 102 cm³/mol. The normalized spacial score (nSPS) is 10.2. The molecule has 0 saturated carbocycles. The van der Waals surface area contributed by atoms with Crippen molar-refractivity contribution in [3.63, 3.8) is 0 Å². The zero-order valence-electron chi connectivity index (χ0n) is 15.2. The Hall–Kier alpha value is -2.86. The third-order valence-electron chi connectivity index (χ3n) is 3.79. The van der Waals surface area contributed by atoms with Crippen molar-refractivity contribution in [2.45, 2.75) is 13.5 Å². The van der Waals surface area contributed by atoms with Gasteiger partial charge in [-0.3, -0.25) is 10.1 Å². The molecule has 0 aliphatic rings. The second-order valence-electron chi connectivity index (χ2n) is 5.97. The summed E-state index contributed by atoms with van der Waals surface area (Å²) in [4.78, 5) is 26.0. The number of aryl methyl sites for hydroxylation is 1. The molecule has 0 fully saturated rings. The molecule has 0 heterocycles. The van der Waals surface area contributed by atoms with Crippen molar-refractivity contribution in [1.29, 1.82) is 0 Å². The molecule has 2 aromatic rings. The fraction of sp³-hybridized carbons (Fsp3) is 0.300. The SMILES string of the molecule is COCCNC(=O)NC(=O)CN(Cc1ccccc1)c1ccc(C)cc1. The Balaban J connectivity index is 2.02. The number of methoxy groups -OCH3 is 1. The van der Waals surface area contributed by atoms with Crippen molar-refractivity contribution in [1.82, 2.24) is 10.6 Å². The van der Waals surface area contributed by atoms with Crippen LogP contribution in [0.4, 0.5) is 10.5 Å². The largest absolute Gasteiger partial charge is 0.383 e. The average Bonchev–Trinajstić information content (AvgIpc) is 2.63. The van der Waals surface area contributed by atoms with Crippen LogP contribution < -0.4 is 15.5 Å². The molecule has 2 N–H and O–H groups in total. The van der Waals surface area contributed by atoms with Gasteiger partial charge in [0.1, 0.15) is 0 Å². The first-order valence-corrected chi connectivity index (χ1v) is 8.50. The lowest BCUT2D eigenvalue weighted by Crippen LogP contribution is -2.45. The van der Waals surface area contributed by atoms with Crippen LogP contribution in [0.1, 0.15) is 11.1 Å². The molecule has 138 valence electrons. The molecule has 0 unspecified atom stereocenters. The van der Waals surface area contributed by atoms with Gasteiger partial charge in [-0.15, -0.1) is 0 Å². The maximum absolute atomic E-state index is 12.3. The lowest BCUT2D eigenvalue weighted by Gasteiger charge is -2.24. The third-order valence-corrected chi connectivity index (χ3v) is 3.79. The Morgan fingerprint density at radius 1 is 1.04 bits per heavy atom. The number of amides is 3. The van der Waals surface area contributed by atoms with Gasteiger partial charge >= 0.3 is 6.03 Å². The van der Waals surface area contributed by atoms with Gasteiger partial charge in [0.25, 0.3) is 0 Å². The van der Waals surface area contributed by atoms with E-state index in [4.69, 9.17) is 4.74 Å². The number of urea groups is 1. The summed E-state index contributed by atoms with van der Waals surface area (Å²) in [6, 6.07) is 17.3. The first kappa shape index (κ1) is 19.5. The number of imide groups is 1. The number of nitrogens with one attached hydrogen (secondary N) is 2. The van der Waals surface area contributed by atoms with Crippen molar-refractivity contribution in [3.05, 3.63) is 65.7 Å². The molecule has 0 aliphatic heterocycles. The van der Waals surface area contributed by atoms with Gasteiger partial charge in [-0.25, -0.2) is 4.79 Å². The highest BCUT2D eigenvalue weighted by atomic mass is 16.5. The lowest BCUT2D eigenvalue weighted by atomic mass is 10.1. The van der Waals surface area contributed by atoms with Crippen LogP contribution in [0.15, 0.2) is 54.6 Å². The Kier molecular flexibility index (Phi) is 7.64. The van der Waals surface area contributed by atoms with Gasteiger partial charge in [-0.05, 0) is 24.6 Å². The van der Waals surface area contributed by atoms with E-state index in [2.05, 4.69) is 10.6 Å². The number of hydrogen-bond donors (Lipinski definition) is 2. The van der Waals surface area contributed by atoms with Crippen molar-refractivity contribution in [3.8, 4) is 0 Å². The topological polar surface area (TPSA) is 70.7 Å². The molecule has 0 radical (unpaired) electrons. The van der Waals surface area contributed by atoms with Crippen LogP contribution in [0.5, 0.6) is 0 Å². The van der Waals surface area contributed by atoms with E-state index >= 15 is 0 Å². The molecule has 2 rings (SSSR count). The van der Waals surface area contributed by atoms with Crippen LogP contribution in [-0.2, 0) is 16.1 Å². The minimum atomic E-state index is -0.518. The molecular weight excluding hydrogens is 330 g/mol. The van der Waals surface area contributed by atoms with Crippen LogP contribution in [0.25, 0.3) is 0 Å². The molecule has 3 amide bonds. The predicted octanol–water partition coefficient (Wildman–Crippen LogP) is 2.47. The van der Waals surface area contributed by atoms with Gasteiger partial charge in [0.2, 0.25) is 5.91 Å².